The number of anilines is 1. The SMILES string of the molecule is CCc1nc(C(=O)OC)c(N)n1-c1ccc2c(c1)CCC2. The van der Waals surface area contributed by atoms with Gasteiger partial charge in [-0.1, -0.05) is 13.0 Å². The van der Waals surface area contributed by atoms with Crippen molar-refractivity contribution in [3.05, 3.63) is 40.8 Å². The van der Waals surface area contributed by atoms with Gasteiger partial charge in [-0.3, -0.25) is 4.57 Å². The first kappa shape index (κ1) is 13.7. The van der Waals surface area contributed by atoms with E-state index < -0.39 is 5.97 Å². The molecule has 0 amide bonds. The van der Waals surface area contributed by atoms with Gasteiger partial charge in [0.25, 0.3) is 0 Å². The van der Waals surface area contributed by atoms with Gasteiger partial charge in [-0.2, -0.15) is 0 Å². The first-order valence-electron chi connectivity index (χ1n) is 7.23. The van der Waals surface area contributed by atoms with E-state index in [1.807, 2.05) is 17.6 Å². The number of ether oxygens (including phenoxy) is 1. The van der Waals surface area contributed by atoms with E-state index in [2.05, 4.69) is 17.1 Å². The zero-order chi connectivity index (χ0) is 15.0. The first-order valence-corrected chi connectivity index (χ1v) is 7.23. The minimum absolute atomic E-state index is 0.190. The van der Waals surface area contributed by atoms with Crippen LogP contribution in [0.5, 0.6) is 0 Å². The highest BCUT2D eigenvalue weighted by atomic mass is 16.5. The van der Waals surface area contributed by atoms with Crippen molar-refractivity contribution in [2.24, 2.45) is 0 Å². The first-order chi connectivity index (χ1) is 10.2. The Morgan fingerprint density at radius 3 is 2.86 bits per heavy atom. The van der Waals surface area contributed by atoms with Crippen LogP contribution in [0.3, 0.4) is 0 Å². The Morgan fingerprint density at radius 2 is 2.14 bits per heavy atom. The van der Waals surface area contributed by atoms with Gasteiger partial charge >= 0.3 is 5.97 Å². The molecule has 1 aromatic carbocycles. The summed E-state index contributed by atoms with van der Waals surface area (Å²) in [5.74, 6) is 0.615. The molecule has 5 heteroatoms. The topological polar surface area (TPSA) is 70.1 Å². The molecule has 0 spiro atoms. The number of nitrogens with zero attached hydrogens (tertiary/aromatic N) is 2. The van der Waals surface area contributed by atoms with E-state index in [1.165, 1.54) is 24.7 Å². The third-order valence-electron chi connectivity index (χ3n) is 4.02. The number of methoxy groups -OCH3 is 1. The van der Waals surface area contributed by atoms with Gasteiger partial charge in [0.2, 0.25) is 0 Å². The molecule has 0 saturated carbocycles. The molecule has 2 N–H and O–H groups in total. The second kappa shape index (κ2) is 5.24. The molecule has 1 aliphatic carbocycles. The van der Waals surface area contributed by atoms with Crippen molar-refractivity contribution >= 4 is 11.8 Å². The zero-order valence-electron chi connectivity index (χ0n) is 12.3. The number of hydrogen-bond donors (Lipinski definition) is 1. The van der Waals surface area contributed by atoms with Crippen LogP contribution in [0.15, 0.2) is 18.2 Å². The molecule has 1 aromatic heterocycles. The van der Waals surface area contributed by atoms with Gasteiger partial charge in [0, 0.05) is 12.1 Å². The summed E-state index contributed by atoms with van der Waals surface area (Å²) in [5.41, 5.74) is 10.1. The molecule has 0 bridgehead atoms. The molecule has 0 radical (unpaired) electrons. The number of carbonyl (C=O) groups excluding carboxylic acids is 1. The number of imidazole rings is 1. The van der Waals surface area contributed by atoms with Crippen molar-refractivity contribution in [1.29, 1.82) is 0 Å². The van der Waals surface area contributed by atoms with Gasteiger partial charge in [0.1, 0.15) is 11.6 Å². The minimum atomic E-state index is -0.498. The Hall–Kier alpha value is -2.30. The van der Waals surface area contributed by atoms with E-state index in [0.717, 1.165) is 24.4 Å². The van der Waals surface area contributed by atoms with E-state index in [9.17, 15) is 4.79 Å². The van der Waals surface area contributed by atoms with Gasteiger partial charge in [-0.05, 0) is 42.5 Å². The summed E-state index contributed by atoms with van der Waals surface area (Å²) >= 11 is 0. The minimum Gasteiger partial charge on any atom is -0.464 e. The number of aryl methyl sites for hydroxylation is 3. The quantitative estimate of drug-likeness (QED) is 0.878. The molecule has 2 aromatic rings. The molecule has 0 unspecified atom stereocenters. The van der Waals surface area contributed by atoms with Crippen LogP contribution < -0.4 is 5.73 Å². The summed E-state index contributed by atoms with van der Waals surface area (Å²) in [6.45, 7) is 1.99. The average molecular weight is 285 g/mol. The Labute approximate surface area is 123 Å². The Kier molecular flexibility index (Phi) is 3.41. The number of esters is 1. The molecule has 1 heterocycles. The number of fused-ring (bicyclic) bond motifs is 1. The number of rotatable bonds is 3. The second-order valence-electron chi connectivity index (χ2n) is 5.25. The van der Waals surface area contributed by atoms with E-state index in [0.29, 0.717) is 12.2 Å². The summed E-state index contributed by atoms with van der Waals surface area (Å²) in [6, 6.07) is 6.34. The maximum absolute atomic E-state index is 11.8. The van der Waals surface area contributed by atoms with E-state index in [4.69, 9.17) is 10.5 Å². The molecule has 110 valence electrons. The largest absolute Gasteiger partial charge is 0.464 e. The lowest BCUT2D eigenvalue weighted by atomic mass is 10.1. The highest BCUT2D eigenvalue weighted by molar-refractivity contribution is 5.92. The van der Waals surface area contributed by atoms with Crippen molar-refractivity contribution in [3.63, 3.8) is 0 Å². The molecule has 0 aliphatic heterocycles. The van der Waals surface area contributed by atoms with Crippen LogP contribution in [-0.4, -0.2) is 22.6 Å². The monoisotopic (exact) mass is 285 g/mol. The summed E-state index contributed by atoms with van der Waals surface area (Å²) in [4.78, 5) is 16.1. The Balaban J connectivity index is 2.13. The standard InChI is InChI=1S/C16H19N3O2/c1-3-13-18-14(16(20)21-2)15(17)19(13)12-8-7-10-5-4-6-11(10)9-12/h7-9H,3-6,17H2,1-2H3. The number of hydrogen-bond acceptors (Lipinski definition) is 4. The average Bonchev–Trinajstić information content (AvgIpc) is 3.09. The molecule has 21 heavy (non-hydrogen) atoms. The van der Waals surface area contributed by atoms with Crippen molar-refractivity contribution in [2.45, 2.75) is 32.6 Å². The second-order valence-corrected chi connectivity index (χ2v) is 5.25. The maximum atomic E-state index is 11.8. The number of nitrogens with two attached hydrogens (primary N) is 1. The molecule has 0 fully saturated rings. The number of aromatic nitrogens is 2. The normalized spacial score (nSPS) is 13.2. The molecule has 0 atom stereocenters. The lowest BCUT2D eigenvalue weighted by Gasteiger charge is -2.11. The van der Waals surface area contributed by atoms with Gasteiger partial charge in [-0.25, -0.2) is 9.78 Å². The molecule has 0 saturated heterocycles. The molecule has 3 rings (SSSR count). The van der Waals surface area contributed by atoms with Crippen LogP contribution in [0.4, 0.5) is 5.82 Å². The highest BCUT2D eigenvalue weighted by Gasteiger charge is 2.22. The number of carbonyl (C=O) groups is 1. The van der Waals surface area contributed by atoms with Crippen LogP contribution in [0.1, 0.15) is 40.8 Å². The molecular weight excluding hydrogens is 266 g/mol. The van der Waals surface area contributed by atoms with Crippen LogP contribution in [-0.2, 0) is 24.0 Å². The summed E-state index contributed by atoms with van der Waals surface area (Å²) in [6.07, 6.45) is 4.14. The van der Waals surface area contributed by atoms with Gasteiger partial charge in [0.05, 0.1) is 7.11 Å². The van der Waals surface area contributed by atoms with Gasteiger partial charge in [-0.15, -0.1) is 0 Å². The zero-order valence-corrected chi connectivity index (χ0v) is 12.3. The van der Waals surface area contributed by atoms with Crippen LogP contribution in [0.25, 0.3) is 5.69 Å². The van der Waals surface area contributed by atoms with Crippen molar-refractivity contribution in [3.8, 4) is 5.69 Å². The predicted molar refractivity (Wildman–Crippen MR) is 80.7 cm³/mol. The number of nitrogen functional groups attached to an aromatic ring is 1. The fourth-order valence-corrected chi connectivity index (χ4v) is 2.95. The van der Waals surface area contributed by atoms with Gasteiger partial charge < -0.3 is 10.5 Å². The van der Waals surface area contributed by atoms with Crippen LogP contribution >= 0.6 is 0 Å². The van der Waals surface area contributed by atoms with Crippen molar-refractivity contribution in [2.75, 3.05) is 12.8 Å². The highest BCUT2D eigenvalue weighted by Crippen LogP contribution is 2.28. The van der Waals surface area contributed by atoms with Crippen LogP contribution in [0, 0.1) is 0 Å². The lowest BCUT2D eigenvalue weighted by Crippen LogP contribution is -2.08. The summed E-state index contributed by atoms with van der Waals surface area (Å²) in [7, 11) is 1.34. The molecule has 5 nitrogen and oxygen atoms in total. The van der Waals surface area contributed by atoms with Gasteiger partial charge in [0.15, 0.2) is 5.69 Å². The van der Waals surface area contributed by atoms with E-state index >= 15 is 0 Å². The molecular formula is C16H19N3O2. The third-order valence-corrected chi connectivity index (χ3v) is 4.02. The smallest absolute Gasteiger partial charge is 0.360 e. The number of benzene rings is 1. The fraction of sp³-hybridized carbons (Fsp3) is 0.375. The van der Waals surface area contributed by atoms with E-state index in [1.54, 1.807) is 0 Å². The predicted octanol–water partition coefficient (Wildman–Crippen LogP) is 2.29. The van der Waals surface area contributed by atoms with Crippen LogP contribution in [0.2, 0.25) is 0 Å². The summed E-state index contributed by atoms with van der Waals surface area (Å²) < 4.78 is 6.60. The third kappa shape index (κ3) is 2.18. The van der Waals surface area contributed by atoms with Crippen molar-refractivity contribution < 1.29 is 9.53 Å². The van der Waals surface area contributed by atoms with E-state index in [-0.39, 0.29) is 5.69 Å². The lowest BCUT2D eigenvalue weighted by molar-refractivity contribution is 0.0596. The Bertz CT molecular complexity index is 704. The molecule has 1 aliphatic rings. The summed E-state index contributed by atoms with van der Waals surface area (Å²) in [5, 5.41) is 0. The van der Waals surface area contributed by atoms with Crippen molar-refractivity contribution in [1.82, 2.24) is 9.55 Å². The fourth-order valence-electron chi connectivity index (χ4n) is 2.95. The maximum Gasteiger partial charge on any atom is 0.360 e. The Morgan fingerprint density at radius 1 is 1.38 bits per heavy atom.